The van der Waals surface area contributed by atoms with E-state index in [2.05, 4.69) is 5.32 Å². The first-order valence-corrected chi connectivity index (χ1v) is 7.33. The number of hydrogen-bond acceptors (Lipinski definition) is 3. The maximum absolute atomic E-state index is 14.0. The number of rotatable bonds is 3. The quantitative estimate of drug-likeness (QED) is 0.910. The first-order chi connectivity index (χ1) is 8.72. The summed E-state index contributed by atoms with van der Waals surface area (Å²) in [6.07, 6.45) is 0.974. The third-order valence-electron chi connectivity index (χ3n) is 3.00. The van der Waals surface area contributed by atoms with Gasteiger partial charge in [0.15, 0.2) is 0 Å². The topological polar surface area (TPSA) is 15.3 Å². The van der Waals surface area contributed by atoms with E-state index in [4.69, 9.17) is 0 Å². The molecule has 1 N–H and O–H groups in total. The van der Waals surface area contributed by atoms with E-state index in [0.29, 0.717) is 18.7 Å². The Hall–Kier alpha value is -0.810. The highest BCUT2D eigenvalue weighted by Crippen LogP contribution is 2.27. The highest BCUT2D eigenvalue weighted by molar-refractivity contribution is 7.99. The SMILES string of the molecule is CNCc1cc(F)c(N2CCCSCC2)c(F)c1. The first kappa shape index (κ1) is 13.6. The van der Waals surface area contributed by atoms with Gasteiger partial charge in [0.05, 0.1) is 0 Å². The normalized spacial score (nSPS) is 16.7. The molecular formula is C13H18F2N2S. The Kier molecular flexibility index (Phi) is 4.83. The molecule has 1 aromatic carbocycles. The summed E-state index contributed by atoms with van der Waals surface area (Å²) in [7, 11) is 1.76. The van der Waals surface area contributed by atoms with Crippen molar-refractivity contribution in [3.63, 3.8) is 0 Å². The Morgan fingerprint density at radius 3 is 2.61 bits per heavy atom. The van der Waals surface area contributed by atoms with Crippen molar-refractivity contribution >= 4 is 17.4 Å². The molecule has 2 rings (SSSR count). The number of halogens is 2. The molecule has 18 heavy (non-hydrogen) atoms. The van der Waals surface area contributed by atoms with Crippen molar-refractivity contribution in [1.82, 2.24) is 5.32 Å². The van der Waals surface area contributed by atoms with Crippen molar-refractivity contribution in [2.24, 2.45) is 0 Å². The van der Waals surface area contributed by atoms with Gasteiger partial charge in [0.1, 0.15) is 17.3 Å². The number of nitrogens with one attached hydrogen (secondary N) is 1. The highest BCUT2D eigenvalue weighted by Gasteiger charge is 2.19. The van der Waals surface area contributed by atoms with E-state index in [1.165, 1.54) is 12.1 Å². The molecule has 1 aliphatic rings. The van der Waals surface area contributed by atoms with Crippen LogP contribution >= 0.6 is 11.8 Å². The minimum absolute atomic E-state index is 0.136. The summed E-state index contributed by atoms with van der Waals surface area (Å²) in [5, 5.41) is 2.90. The van der Waals surface area contributed by atoms with E-state index in [1.54, 1.807) is 7.05 Å². The van der Waals surface area contributed by atoms with Gasteiger partial charge in [-0.2, -0.15) is 11.8 Å². The second kappa shape index (κ2) is 6.38. The van der Waals surface area contributed by atoms with Gasteiger partial charge in [-0.3, -0.25) is 0 Å². The number of hydrogen-bond donors (Lipinski definition) is 1. The maximum Gasteiger partial charge on any atom is 0.149 e. The largest absolute Gasteiger partial charge is 0.366 e. The summed E-state index contributed by atoms with van der Waals surface area (Å²) in [4.78, 5) is 1.83. The van der Waals surface area contributed by atoms with Gasteiger partial charge in [0.2, 0.25) is 0 Å². The molecule has 1 aromatic rings. The molecular weight excluding hydrogens is 254 g/mol. The smallest absolute Gasteiger partial charge is 0.149 e. The van der Waals surface area contributed by atoms with Crippen LogP contribution in [-0.4, -0.2) is 31.6 Å². The van der Waals surface area contributed by atoms with Crippen LogP contribution in [0.4, 0.5) is 14.5 Å². The van der Waals surface area contributed by atoms with E-state index in [9.17, 15) is 8.78 Å². The molecule has 0 bridgehead atoms. The molecule has 2 nitrogen and oxygen atoms in total. The molecule has 0 spiro atoms. The highest BCUT2D eigenvalue weighted by atomic mass is 32.2. The van der Waals surface area contributed by atoms with Crippen LogP contribution in [0.15, 0.2) is 12.1 Å². The van der Waals surface area contributed by atoms with Crippen LogP contribution in [0.25, 0.3) is 0 Å². The second-order valence-electron chi connectivity index (χ2n) is 4.39. The van der Waals surface area contributed by atoms with E-state index >= 15 is 0 Å². The summed E-state index contributed by atoms with van der Waals surface area (Å²) in [5.41, 5.74) is 0.776. The fourth-order valence-electron chi connectivity index (χ4n) is 2.20. The third-order valence-corrected chi connectivity index (χ3v) is 4.04. The average molecular weight is 272 g/mol. The van der Waals surface area contributed by atoms with Gasteiger partial charge in [-0.15, -0.1) is 0 Å². The Labute approximate surface area is 111 Å². The lowest BCUT2D eigenvalue weighted by Gasteiger charge is -2.23. The van der Waals surface area contributed by atoms with Crippen LogP contribution in [0.1, 0.15) is 12.0 Å². The van der Waals surface area contributed by atoms with Gasteiger partial charge in [-0.1, -0.05) is 0 Å². The molecule has 0 aromatic heterocycles. The Morgan fingerprint density at radius 2 is 1.94 bits per heavy atom. The van der Waals surface area contributed by atoms with Crippen molar-refractivity contribution in [1.29, 1.82) is 0 Å². The van der Waals surface area contributed by atoms with Gasteiger partial charge >= 0.3 is 0 Å². The lowest BCUT2D eigenvalue weighted by molar-refractivity contribution is 0.567. The molecule has 0 aliphatic carbocycles. The molecule has 0 saturated carbocycles. The number of nitrogens with zero attached hydrogens (tertiary/aromatic N) is 1. The summed E-state index contributed by atoms with van der Waals surface area (Å²) in [6, 6.07) is 2.85. The Bertz CT molecular complexity index is 381. The number of benzene rings is 1. The predicted octanol–water partition coefficient (Wildman–Crippen LogP) is 2.63. The van der Waals surface area contributed by atoms with Crippen molar-refractivity contribution in [2.45, 2.75) is 13.0 Å². The molecule has 1 fully saturated rings. The van der Waals surface area contributed by atoms with Crippen LogP contribution in [-0.2, 0) is 6.54 Å². The van der Waals surface area contributed by atoms with Gasteiger partial charge in [-0.25, -0.2) is 8.78 Å². The fourth-order valence-corrected chi connectivity index (χ4v) is 3.08. The molecule has 0 unspecified atom stereocenters. The van der Waals surface area contributed by atoms with Gasteiger partial charge in [-0.05, 0) is 36.9 Å². The zero-order valence-electron chi connectivity index (χ0n) is 10.5. The summed E-state index contributed by atoms with van der Waals surface area (Å²) < 4.78 is 28.1. The van der Waals surface area contributed by atoms with E-state index in [0.717, 1.165) is 24.5 Å². The fraction of sp³-hybridized carbons (Fsp3) is 0.538. The van der Waals surface area contributed by atoms with Crippen molar-refractivity contribution < 1.29 is 8.78 Å². The van der Waals surface area contributed by atoms with Crippen molar-refractivity contribution in [3.8, 4) is 0 Å². The zero-order valence-corrected chi connectivity index (χ0v) is 11.3. The third kappa shape index (κ3) is 3.14. The number of anilines is 1. The van der Waals surface area contributed by atoms with Crippen LogP contribution in [0.2, 0.25) is 0 Å². The van der Waals surface area contributed by atoms with E-state index in [1.807, 2.05) is 16.7 Å². The maximum atomic E-state index is 14.0. The summed E-state index contributed by atoms with van der Waals surface area (Å²) >= 11 is 1.84. The molecule has 0 atom stereocenters. The first-order valence-electron chi connectivity index (χ1n) is 6.17. The summed E-state index contributed by atoms with van der Waals surface area (Å²) in [6.45, 7) is 1.92. The van der Waals surface area contributed by atoms with Gasteiger partial charge in [0, 0.05) is 25.4 Å². The Balaban J connectivity index is 2.26. The lowest BCUT2D eigenvalue weighted by atomic mass is 10.1. The second-order valence-corrected chi connectivity index (χ2v) is 5.62. The molecule has 1 heterocycles. The van der Waals surface area contributed by atoms with Crippen molar-refractivity contribution in [3.05, 3.63) is 29.3 Å². The minimum Gasteiger partial charge on any atom is -0.366 e. The average Bonchev–Trinajstić information content (AvgIpc) is 2.57. The molecule has 5 heteroatoms. The number of thioether (sulfide) groups is 1. The minimum atomic E-state index is -0.452. The van der Waals surface area contributed by atoms with Crippen LogP contribution in [0, 0.1) is 11.6 Å². The lowest BCUT2D eigenvalue weighted by Crippen LogP contribution is -2.27. The standard InChI is InChI=1S/C13H18F2N2S/c1-16-9-10-7-11(14)13(12(15)8-10)17-3-2-5-18-6-4-17/h7-8,16H,2-6,9H2,1H3. The predicted molar refractivity (Wildman–Crippen MR) is 73.3 cm³/mol. The molecule has 1 saturated heterocycles. The van der Waals surface area contributed by atoms with Crippen molar-refractivity contribution in [2.75, 3.05) is 36.5 Å². The molecule has 1 aliphatic heterocycles. The monoisotopic (exact) mass is 272 g/mol. The van der Waals surface area contributed by atoms with Gasteiger partial charge in [0.25, 0.3) is 0 Å². The van der Waals surface area contributed by atoms with Crippen LogP contribution < -0.4 is 10.2 Å². The van der Waals surface area contributed by atoms with Crippen LogP contribution in [0.3, 0.4) is 0 Å². The molecule has 0 radical (unpaired) electrons. The van der Waals surface area contributed by atoms with E-state index < -0.39 is 11.6 Å². The molecule has 100 valence electrons. The Morgan fingerprint density at radius 1 is 1.22 bits per heavy atom. The van der Waals surface area contributed by atoms with Gasteiger partial charge < -0.3 is 10.2 Å². The zero-order chi connectivity index (χ0) is 13.0. The summed E-state index contributed by atoms with van der Waals surface area (Å²) in [5.74, 6) is 1.09. The molecule has 0 amide bonds. The van der Waals surface area contributed by atoms with Crippen LogP contribution in [0.5, 0.6) is 0 Å². The van der Waals surface area contributed by atoms with E-state index in [-0.39, 0.29) is 5.69 Å².